The molecule has 2 bridgehead atoms. The van der Waals surface area contributed by atoms with Gasteiger partial charge in [0.25, 0.3) is 0 Å². The molecule has 2 aromatic rings. The molecule has 3 N–H and O–H groups in total. The van der Waals surface area contributed by atoms with Gasteiger partial charge in [0.2, 0.25) is 0 Å². The average molecular weight is 423 g/mol. The fourth-order valence-corrected chi connectivity index (χ4v) is 3.50. The maximum atomic E-state index is 9.22. The van der Waals surface area contributed by atoms with Crippen LogP contribution in [0.3, 0.4) is 0 Å². The van der Waals surface area contributed by atoms with Crippen molar-refractivity contribution in [3.05, 3.63) is 64.2 Å². The number of aliphatic hydroxyl groups is 3. The molecule has 0 spiro atoms. The highest BCUT2D eigenvalue weighted by Gasteiger charge is 2.48. The van der Waals surface area contributed by atoms with E-state index in [9.17, 15) is 10.2 Å². The lowest BCUT2D eigenvalue weighted by Gasteiger charge is -2.32. The first-order chi connectivity index (χ1) is 13.9. The molecule has 29 heavy (non-hydrogen) atoms. The number of rotatable bonds is 4. The molecule has 7 heteroatoms. The number of halogens is 1. The van der Waals surface area contributed by atoms with Crippen molar-refractivity contribution in [1.29, 1.82) is 0 Å². The van der Waals surface area contributed by atoms with Gasteiger partial charge in [-0.25, -0.2) is 0 Å². The summed E-state index contributed by atoms with van der Waals surface area (Å²) in [5, 5.41) is 28.4. The van der Waals surface area contributed by atoms with E-state index in [1.165, 1.54) is 16.7 Å². The van der Waals surface area contributed by atoms with Crippen LogP contribution in [0.2, 0.25) is 5.02 Å². The van der Waals surface area contributed by atoms with Gasteiger partial charge in [-0.2, -0.15) is 0 Å². The summed E-state index contributed by atoms with van der Waals surface area (Å²) in [5.74, 6) is 0.914. The van der Waals surface area contributed by atoms with Crippen molar-refractivity contribution in [2.75, 3.05) is 13.2 Å². The second kappa shape index (κ2) is 9.89. The van der Waals surface area contributed by atoms with E-state index in [0.29, 0.717) is 6.61 Å². The Labute approximate surface area is 175 Å². The third kappa shape index (κ3) is 5.48. The second-order valence-corrected chi connectivity index (χ2v) is 7.60. The number of hydrogen-bond donors (Lipinski definition) is 3. The first-order valence-electron chi connectivity index (χ1n) is 9.67. The normalized spacial score (nSPS) is 27.9. The number of aliphatic hydroxyl groups excluding tert-OH is 3. The van der Waals surface area contributed by atoms with Crippen LogP contribution < -0.4 is 4.74 Å². The van der Waals surface area contributed by atoms with Crippen LogP contribution in [0.15, 0.2) is 42.5 Å². The smallest absolute Gasteiger partial charge is 0.186 e. The summed E-state index contributed by atoms with van der Waals surface area (Å²) in [5.41, 5.74) is 3.65. The Morgan fingerprint density at radius 2 is 1.76 bits per heavy atom. The summed E-state index contributed by atoms with van der Waals surface area (Å²) < 4.78 is 15.4. The molecule has 2 aliphatic heterocycles. The highest BCUT2D eigenvalue weighted by Crippen LogP contribution is 2.27. The lowest BCUT2D eigenvalue weighted by Crippen LogP contribution is -2.53. The monoisotopic (exact) mass is 422 g/mol. The van der Waals surface area contributed by atoms with Crippen LogP contribution in [-0.2, 0) is 15.9 Å². The topological polar surface area (TPSA) is 88.4 Å². The largest absolute Gasteiger partial charge is 0.494 e. The summed E-state index contributed by atoms with van der Waals surface area (Å²) in [7, 11) is 0. The first kappa shape index (κ1) is 22.0. The minimum atomic E-state index is -1.15. The zero-order valence-corrected chi connectivity index (χ0v) is 17.2. The van der Waals surface area contributed by atoms with Crippen molar-refractivity contribution in [3.63, 3.8) is 0 Å². The van der Waals surface area contributed by atoms with E-state index in [1.54, 1.807) is 0 Å². The molecular formula is C22H27ClO6. The summed E-state index contributed by atoms with van der Waals surface area (Å²) in [6.07, 6.45) is -3.72. The van der Waals surface area contributed by atoms with E-state index < -0.39 is 30.7 Å². The molecule has 2 fully saturated rings. The van der Waals surface area contributed by atoms with Crippen molar-refractivity contribution in [1.82, 2.24) is 0 Å². The maximum absolute atomic E-state index is 9.22. The van der Waals surface area contributed by atoms with Crippen molar-refractivity contribution in [3.8, 4) is 5.75 Å². The van der Waals surface area contributed by atoms with Crippen LogP contribution in [0.4, 0.5) is 0 Å². The Morgan fingerprint density at radius 3 is 2.45 bits per heavy atom. The standard InChI is InChI=1S/C16H17ClO.C6H10O5/c1-3-18-15-7-5-13(6-8-15)11-14-10-12(2)4-9-16(14)17;7-3-2-1-10-6(11-2)5(9)4(3)8/h4-10H,3,11H2,1-2H3;2-9H,1H2/t;2-,3-,4+,5-,6-/m.1/s1. The van der Waals surface area contributed by atoms with Crippen molar-refractivity contribution in [2.24, 2.45) is 0 Å². The van der Waals surface area contributed by atoms with Gasteiger partial charge < -0.3 is 29.5 Å². The molecule has 158 valence electrons. The summed E-state index contributed by atoms with van der Waals surface area (Å²) in [6, 6.07) is 14.3. The highest BCUT2D eigenvalue weighted by molar-refractivity contribution is 6.31. The Morgan fingerprint density at radius 1 is 1.03 bits per heavy atom. The van der Waals surface area contributed by atoms with Gasteiger partial charge in [0, 0.05) is 5.02 Å². The molecule has 0 aliphatic carbocycles. The van der Waals surface area contributed by atoms with E-state index in [1.807, 2.05) is 31.2 Å². The fraction of sp³-hybridized carbons (Fsp3) is 0.455. The zero-order chi connectivity index (χ0) is 21.0. The number of fused-ring (bicyclic) bond motifs is 2. The van der Waals surface area contributed by atoms with Crippen LogP contribution in [0.5, 0.6) is 5.75 Å². The molecule has 0 unspecified atom stereocenters. The van der Waals surface area contributed by atoms with Gasteiger partial charge in [0.1, 0.15) is 30.2 Å². The van der Waals surface area contributed by atoms with Gasteiger partial charge in [0.15, 0.2) is 6.29 Å². The minimum Gasteiger partial charge on any atom is -0.494 e. The minimum absolute atomic E-state index is 0.236. The predicted molar refractivity (Wildman–Crippen MR) is 109 cm³/mol. The number of aryl methyl sites for hydroxylation is 1. The van der Waals surface area contributed by atoms with Crippen LogP contribution in [0.25, 0.3) is 0 Å². The molecule has 2 aromatic carbocycles. The second-order valence-electron chi connectivity index (χ2n) is 7.20. The lowest BCUT2D eigenvalue weighted by molar-refractivity contribution is -0.228. The van der Waals surface area contributed by atoms with E-state index in [-0.39, 0.29) is 6.61 Å². The van der Waals surface area contributed by atoms with Crippen LogP contribution >= 0.6 is 11.6 Å². The number of ether oxygens (including phenoxy) is 3. The van der Waals surface area contributed by atoms with Crippen molar-refractivity contribution in [2.45, 2.75) is 51.0 Å². The highest BCUT2D eigenvalue weighted by atomic mass is 35.5. The molecular weight excluding hydrogens is 396 g/mol. The summed E-state index contributed by atoms with van der Waals surface area (Å²) in [4.78, 5) is 0. The lowest BCUT2D eigenvalue weighted by atomic mass is 10.0. The summed E-state index contributed by atoms with van der Waals surface area (Å²) >= 11 is 6.20. The molecule has 4 rings (SSSR count). The van der Waals surface area contributed by atoms with Gasteiger partial charge in [-0.15, -0.1) is 0 Å². The maximum Gasteiger partial charge on any atom is 0.186 e. The SMILES string of the molecule is CCOc1ccc(Cc2cc(C)ccc2Cl)cc1.O[C@@H]1[C@@H](O)[C@@H]2OC[C@@H](O2)[C@H]1O. The molecule has 0 aromatic heterocycles. The van der Waals surface area contributed by atoms with E-state index in [0.717, 1.165) is 17.2 Å². The third-order valence-electron chi connectivity index (χ3n) is 4.92. The number of hydrogen-bond acceptors (Lipinski definition) is 6. The fourth-order valence-electron chi connectivity index (χ4n) is 3.31. The molecule has 0 amide bonds. The van der Waals surface area contributed by atoms with Gasteiger partial charge in [-0.05, 0) is 49.6 Å². The predicted octanol–water partition coefficient (Wildman–Crippen LogP) is 2.46. The summed E-state index contributed by atoms with van der Waals surface area (Å²) in [6.45, 7) is 5.00. The Kier molecular flexibility index (Phi) is 7.51. The molecule has 2 heterocycles. The van der Waals surface area contributed by atoms with E-state index in [4.69, 9.17) is 30.9 Å². The van der Waals surface area contributed by atoms with Crippen LogP contribution in [0.1, 0.15) is 23.6 Å². The molecule has 2 aliphatic rings. The third-order valence-corrected chi connectivity index (χ3v) is 5.29. The molecule has 5 atom stereocenters. The van der Waals surface area contributed by atoms with E-state index >= 15 is 0 Å². The van der Waals surface area contributed by atoms with Gasteiger partial charge >= 0.3 is 0 Å². The van der Waals surface area contributed by atoms with Gasteiger partial charge in [-0.1, -0.05) is 41.4 Å². The average Bonchev–Trinajstić information content (AvgIpc) is 3.17. The molecule has 2 saturated heterocycles. The number of benzene rings is 2. The Hall–Kier alpha value is -1.67. The van der Waals surface area contributed by atoms with Gasteiger partial charge in [0.05, 0.1) is 13.2 Å². The van der Waals surface area contributed by atoms with Crippen LogP contribution in [-0.4, -0.2) is 59.2 Å². The Bertz CT molecular complexity index is 776. The van der Waals surface area contributed by atoms with Crippen molar-refractivity contribution < 1.29 is 29.5 Å². The quantitative estimate of drug-likeness (QED) is 0.701. The van der Waals surface area contributed by atoms with Gasteiger partial charge in [-0.3, -0.25) is 0 Å². The van der Waals surface area contributed by atoms with Crippen molar-refractivity contribution >= 4 is 11.6 Å². The molecule has 0 radical (unpaired) electrons. The molecule has 0 saturated carbocycles. The first-order valence-corrected chi connectivity index (χ1v) is 10.0. The Balaban J connectivity index is 0.000000186. The zero-order valence-electron chi connectivity index (χ0n) is 16.5. The molecule has 6 nitrogen and oxygen atoms in total. The van der Waals surface area contributed by atoms with Crippen LogP contribution in [0, 0.1) is 6.92 Å². The van der Waals surface area contributed by atoms with E-state index in [2.05, 4.69) is 25.1 Å².